The van der Waals surface area contributed by atoms with Gasteiger partial charge in [-0.05, 0) is 24.3 Å². The van der Waals surface area contributed by atoms with Crippen LogP contribution in [0.15, 0.2) is 60.7 Å². The lowest BCUT2D eigenvalue weighted by Gasteiger charge is -2.34. The number of rotatable bonds is 2. The second-order valence-corrected chi connectivity index (χ2v) is 4.66. The van der Waals surface area contributed by atoms with Crippen molar-refractivity contribution in [2.75, 3.05) is 22.9 Å². The summed E-state index contributed by atoms with van der Waals surface area (Å²) < 4.78 is 0. The smallest absolute Gasteiger partial charge is 0.296 e. The molecule has 1 aliphatic rings. The second kappa shape index (κ2) is 5.17. The van der Waals surface area contributed by atoms with Crippen LogP contribution in [0.5, 0.6) is 0 Å². The Hall–Kier alpha value is -2.62. The summed E-state index contributed by atoms with van der Waals surface area (Å²) in [5, 5.41) is 0. The largest absolute Gasteiger partial charge is 0.329 e. The van der Waals surface area contributed by atoms with Crippen molar-refractivity contribution in [3.05, 3.63) is 60.7 Å². The van der Waals surface area contributed by atoms with Crippen LogP contribution in [-0.4, -0.2) is 24.9 Å². The lowest BCUT2D eigenvalue weighted by Crippen LogP contribution is -2.54. The maximum atomic E-state index is 12.6. The van der Waals surface area contributed by atoms with Crippen molar-refractivity contribution in [3.8, 4) is 0 Å². The highest BCUT2D eigenvalue weighted by Gasteiger charge is 2.32. The van der Waals surface area contributed by atoms with Crippen LogP contribution >= 0.6 is 0 Å². The summed E-state index contributed by atoms with van der Waals surface area (Å²) >= 11 is 0. The fourth-order valence-electron chi connectivity index (χ4n) is 2.30. The van der Waals surface area contributed by atoms with Crippen molar-refractivity contribution in [1.29, 1.82) is 0 Å². The third-order valence-electron chi connectivity index (χ3n) is 3.27. The molecule has 2 amide bonds. The molecule has 1 fully saturated rings. The first kappa shape index (κ1) is 12.4. The highest BCUT2D eigenvalue weighted by molar-refractivity contribution is 6.13. The Kier molecular flexibility index (Phi) is 3.21. The number of hydrogen-bond donors (Lipinski definition) is 0. The molecular weight excluding hydrogens is 252 g/mol. The van der Waals surface area contributed by atoms with Gasteiger partial charge < -0.3 is 0 Å². The van der Waals surface area contributed by atoms with E-state index < -0.39 is 0 Å². The van der Waals surface area contributed by atoms with E-state index in [-0.39, 0.29) is 24.9 Å². The van der Waals surface area contributed by atoms with Crippen molar-refractivity contribution in [2.24, 2.45) is 0 Å². The van der Waals surface area contributed by atoms with Crippen molar-refractivity contribution >= 4 is 23.2 Å². The lowest BCUT2D eigenvalue weighted by molar-refractivity contribution is -0.116. The minimum atomic E-state index is -0.165. The molecule has 100 valence electrons. The number of urea groups is 1. The number of ketones is 1. The Morgan fingerprint density at radius 2 is 1.05 bits per heavy atom. The Balaban J connectivity index is 1.94. The Morgan fingerprint density at radius 3 is 1.45 bits per heavy atom. The van der Waals surface area contributed by atoms with Crippen LogP contribution in [0.1, 0.15) is 0 Å². The molecule has 0 saturated carbocycles. The number of amides is 2. The summed E-state index contributed by atoms with van der Waals surface area (Å²) in [4.78, 5) is 27.5. The van der Waals surface area contributed by atoms with Gasteiger partial charge in [0.15, 0.2) is 5.78 Å². The predicted octanol–water partition coefficient (Wildman–Crippen LogP) is 2.70. The number of nitrogens with zero attached hydrogens (tertiary/aromatic N) is 2. The summed E-state index contributed by atoms with van der Waals surface area (Å²) in [5.74, 6) is 0.0253. The minimum Gasteiger partial charge on any atom is -0.296 e. The molecule has 20 heavy (non-hydrogen) atoms. The Labute approximate surface area is 117 Å². The topological polar surface area (TPSA) is 40.6 Å². The van der Waals surface area contributed by atoms with E-state index in [0.29, 0.717) is 0 Å². The van der Waals surface area contributed by atoms with Gasteiger partial charge in [0.25, 0.3) is 0 Å². The molecule has 4 heteroatoms. The molecule has 0 radical (unpaired) electrons. The Morgan fingerprint density at radius 1 is 0.650 bits per heavy atom. The molecule has 3 rings (SSSR count). The number of Topliss-reactive ketones (excluding diaryl/α,β-unsaturated/α-hetero) is 1. The number of carbonyl (C=O) groups excluding carboxylic acids is 2. The van der Waals surface area contributed by atoms with E-state index in [4.69, 9.17) is 0 Å². The van der Waals surface area contributed by atoms with Gasteiger partial charge in [-0.3, -0.25) is 14.6 Å². The van der Waals surface area contributed by atoms with E-state index >= 15 is 0 Å². The van der Waals surface area contributed by atoms with Crippen LogP contribution in [0.3, 0.4) is 0 Å². The van der Waals surface area contributed by atoms with Crippen LogP contribution in [0.25, 0.3) is 0 Å². The highest BCUT2D eigenvalue weighted by atomic mass is 16.2. The van der Waals surface area contributed by atoms with Crippen molar-refractivity contribution in [2.45, 2.75) is 0 Å². The molecule has 1 saturated heterocycles. The van der Waals surface area contributed by atoms with E-state index in [1.54, 1.807) is 0 Å². The van der Waals surface area contributed by atoms with Gasteiger partial charge in [0.1, 0.15) is 0 Å². The highest BCUT2D eigenvalue weighted by Crippen LogP contribution is 2.23. The molecule has 2 aromatic carbocycles. The van der Waals surface area contributed by atoms with E-state index in [0.717, 1.165) is 11.4 Å². The fourth-order valence-corrected chi connectivity index (χ4v) is 2.30. The lowest BCUT2D eigenvalue weighted by atomic mass is 10.2. The van der Waals surface area contributed by atoms with Gasteiger partial charge in [-0.25, -0.2) is 4.79 Å². The number of para-hydroxylation sites is 2. The van der Waals surface area contributed by atoms with E-state index in [9.17, 15) is 9.59 Å². The molecule has 2 aromatic rings. The maximum Gasteiger partial charge on any atom is 0.329 e. The van der Waals surface area contributed by atoms with E-state index in [2.05, 4.69) is 0 Å². The molecule has 0 unspecified atom stereocenters. The monoisotopic (exact) mass is 266 g/mol. The molecule has 0 spiro atoms. The minimum absolute atomic E-state index is 0.0253. The summed E-state index contributed by atoms with van der Waals surface area (Å²) in [6.07, 6.45) is 0. The van der Waals surface area contributed by atoms with E-state index in [1.807, 2.05) is 60.7 Å². The van der Waals surface area contributed by atoms with Gasteiger partial charge in [-0.15, -0.1) is 0 Å². The van der Waals surface area contributed by atoms with Crippen LogP contribution in [-0.2, 0) is 4.79 Å². The first-order chi connectivity index (χ1) is 9.75. The van der Waals surface area contributed by atoms with Crippen LogP contribution < -0.4 is 9.80 Å². The van der Waals surface area contributed by atoms with Crippen LogP contribution in [0, 0.1) is 0 Å². The first-order valence-electron chi connectivity index (χ1n) is 6.46. The normalized spacial score (nSPS) is 15.6. The van der Waals surface area contributed by atoms with Gasteiger partial charge in [0.2, 0.25) is 0 Å². The van der Waals surface area contributed by atoms with Crippen molar-refractivity contribution in [3.63, 3.8) is 0 Å². The molecule has 0 atom stereocenters. The summed E-state index contributed by atoms with van der Waals surface area (Å²) in [6, 6.07) is 18.4. The average molecular weight is 266 g/mol. The summed E-state index contributed by atoms with van der Waals surface area (Å²) in [6.45, 7) is 0.262. The molecule has 0 aromatic heterocycles. The van der Waals surface area contributed by atoms with E-state index in [1.165, 1.54) is 9.80 Å². The molecule has 0 N–H and O–H groups in total. The van der Waals surface area contributed by atoms with Crippen LogP contribution in [0.4, 0.5) is 16.2 Å². The SMILES string of the molecule is O=C1CN(c2ccccc2)C(=O)N(c2ccccc2)C1. The fraction of sp³-hybridized carbons (Fsp3) is 0.125. The van der Waals surface area contributed by atoms with Crippen molar-refractivity contribution in [1.82, 2.24) is 0 Å². The van der Waals surface area contributed by atoms with Gasteiger partial charge in [0.05, 0.1) is 13.1 Å². The molecule has 4 nitrogen and oxygen atoms in total. The average Bonchev–Trinajstić information content (AvgIpc) is 2.51. The zero-order chi connectivity index (χ0) is 13.9. The number of anilines is 2. The molecule has 1 heterocycles. The third kappa shape index (κ3) is 2.28. The molecular formula is C16H14N2O2. The Bertz CT molecular complexity index is 572. The first-order valence-corrected chi connectivity index (χ1v) is 6.46. The van der Waals surface area contributed by atoms with Crippen LogP contribution in [0.2, 0.25) is 0 Å². The van der Waals surface area contributed by atoms with Gasteiger partial charge in [-0.2, -0.15) is 0 Å². The summed E-state index contributed by atoms with van der Waals surface area (Å²) in [7, 11) is 0. The molecule has 0 bridgehead atoms. The van der Waals surface area contributed by atoms with Gasteiger partial charge in [0, 0.05) is 11.4 Å². The zero-order valence-corrected chi connectivity index (χ0v) is 10.9. The maximum absolute atomic E-state index is 12.6. The second-order valence-electron chi connectivity index (χ2n) is 4.66. The molecule has 0 aliphatic carbocycles. The molecule has 1 aliphatic heterocycles. The predicted molar refractivity (Wildman–Crippen MR) is 78.0 cm³/mol. The van der Waals surface area contributed by atoms with Gasteiger partial charge in [-0.1, -0.05) is 36.4 Å². The quantitative estimate of drug-likeness (QED) is 0.838. The van der Waals surface area contributed by atoms with Gasteiger partial charge >= 0.3 is 6.03 Å². The summed E-state index contributed by atoms with van der Waals surface area (Å²) in [5.41, 5.74) is 1.48. The van der Waals surface area contributed by atoms with Crippen molar-refractivity contribution < 1.29 is 9.59 Å². The third-order valence-corrected chi connectivity index (χ3v) is 3.27. The number of hydrogen-bond acceptors (Lipinski definition) is 2. The zero-order valence-electron chi connectivity index (χ0n) is 10.9. The number of carbonyl (C=O) groups is 2. The standard InChI is InChI=1S/C16H14N2O2/c19-15-11-17(13-7-3-1-4-8-13)16(20)18(12-15)14-9-5-2-6-10-14/h1-10H,11-12H2. The number of benzene rings is 2.